The number of likely N-dealkylation sites (tertiary alicyclic amines) is 1. The first-order valence-electron chi connectivity index (χ1n) is 6.82. The van der Waals surface area contributed by atoms with E-state index in [0.717, 1.165) is 6.54 Å². The smallest absolute Gasteiger partial charge is 0.0168 e. The van der Waals surface area contributed by atoms with Crippen molar-refractivity contribution in [2.24, 2.45) is 5.73 Å². The van der Waals surface area contributed by atoms with Gasteiger partial charge in [0, 0.05) is 24.5 Å². The van der Waals surface area contributed by atoms with Crippen molar-refractivity contribution >= 4 is 0 Å². The maximum Gasteiger partial charge on any atom is 0.0168 e. The fourth-order valence-corrected chi connectivity index (χ4v) is 3.14. The highest BCUT2D eigenvalue weighted by Crippen LogP contribution is 2.48. The van der Waals surface area contributed by atoms with Gasteiger partial charge >= 0.3 is 0 Å². The first kappa shape index (κ1) is 11.2. The molecule has 0 unspecified atom stereocenters. The maximum atomic E-state index is 6.06. The van der Waals surface area contributed by atoms with E-state index < -0.39 is 0 Å². The first-order valence-corrected chi connectivity index (χ1v) is 6.82. The molecule has 2 N–H and O–H groups in total. The molecule has 92 valence electrons. The fourth-order valence-electron chi connectivity index (χ4n) is 3.14. The second-order valence-electron chi connectivity index (χ2n) is 5.78. The third-order valence-electron chi connectivity index (χ3n) is 4.31. The minimum Gasteiger partial charge on any atom is -0.327 e. The van der Waals surface area contributed by atoms with Gasteiger partial charge in [0.05, 0.1) is 0 Å². The predicted molar refractivity (Wildman–Crippen MR) is 71.0 cm³/mol. The molecule has 0 aromatic heterocycles. The number of benzene rings is 1. The predicted octanol–water partition coefficient (Wildman–Crippen LogP) is 2.14. The van der Waals surface area contributed by atoms with Crippen LogP contribution in [0.3, 0.4) is 0 Å². The largest absolute Gasteiger partial charge is 0.327 e. The maximum absolute atomic E-state index is 6.06. The lowest BCUT2D eigenvalue weighted by molar-refractivity contribution is 0.192. The molecule has 1 aliphatic carbocycles. The summed E-state index contributed by atoms with van der Waals surface area (Å²) < 4.78 is 0. The summed E-state index contributed by atoms with van der Waals surface area (Å²) in [4.78, 5) is 2.58. The molecule has 0 spiro atoms. The lowest BCUT2D eigenvalue weighted by atomic mass is 9.94. The van der Waals surface area contributed by atoms with Gasteiger partial charge in [-0.05, 0) is 37.8 Å². The van der Waals surface area contributed by atoms with Crippen LogP contribution in [0.25, 0.3) is 0 Å². The Balaban J connectivity index is 1.68. The zero-order valence-electron chi connectivity index (χ0n) is 10.4. The Hall–Kier alpha value is -0.860. The monoisotopic (exact) mass is 230 g/mol. The van der Waals surface area contributed by atoms with Crippen LogP contribution in [0.4, 0.5) is 0 Å². The van der Waals surface area contributed by atoms with E-state index in [2.05, 4.69) is 35.2 Å². The lowest BCUT2D eigenvalue weighted by Gasteiger charge is -2.33. The highest BCUT2D eigenvalue weighted by molar-refractivity contribution is 5.31. The van der Waals surface area contributed by atoms with Crippen LogP contribution in [0, 0.1) is 0 Å². The standard InChI is InChI=1S/C15H22N2/c16-14-7-4-10-17(11-14)12-15(8-9-15)13-5-2-1-3-6-13/h1-3,5-6,14H,4,7-12,16H2/t14-/m1/s1. The molecule has 2 nitrogen and oxygen atoms in total. The van der Waals surface area contributed by atoms with Crippen molar-refractivity contribution in [2.75, 3.05) is 19.6 Å². The van der Waals surface area contributed by atoms with Crippen molar-refractivity contribution in [3.63, 3.8) is 0 Å². The number of rotatable bonds is 3. The molecular weight excluding hydrogens is 208 g/mol. The van der Waals surface area contributed by atoms with Crippen LogP contribution >= 0.6 is 0 Å². The van der Waals surface area contributed by atoms with Gasteiger partial charge in [0.1, 0.15) is 0 Å². The van der Waals surface area contributed by atoms with Gasteiger partial charge in [-0.1, -0.05) is 30.3 Å². The van der Waals surface area contributed by atoms with Crippen LogP contribution in [0.5, 0.6) is 0 Å². The van der Waals surface area contributed by atoms with E-state index >= 15 is 0 Å². The first-order chi connectivity index (χ1) is 8.28. The van der Waals surface area contributed by atoms with Crippen LogP contribution in [0.2, 0.25) is 0 Å². The van der Waals surface area contributed by atoms with Gasteiger partial charge in [0.2, 0.25) is 0 Å². The highest BCUT2D eigenvalue weighted by atomic mass is 15.2. The van der Waals surface area contributed by atoms with Gasteiger partial charge in [-0.2, -0.15) is 0 Å². The molecule has 1 saturated carbocycles. The normalized spacial score (nSPS) is 27.9. The molecule has 1 atom stereocenters. The average Bonchev–Trinajstić information content (AvgIpc) is 3.11. The lowest BCUT2D eigenvalue weighted by Crippen LogP contribution is -2.45. The molecule has 1 saturated heterocycles. The highest BCUT2D eigenvalue weighted by Gasteiger charge is 2.45. The third kappa shape index (κ3) is 2.38. The number of nitrogens with two attached hydrogens (primary N) is 1. The Morgan fingerprint density at radius 1 is 1.24 bits per heavy atom. The molecular formula is C15H22N2. The third-order valence-corrected chi connectivity index (χ3v) is 4.31. The molecule has 2 aliphatic rings. The molecule has 2 heteroatoms. The molecule has 0 amide bonds. The molecule has 1 heterocycles. The van der Waals surface area contributed by atoms with Crippen molar-refractivity contribution in [3.8, 4) is 0 Å². The summed E-state index contributed by atoms with van der Waals surface area (Å²) in [6.07, 6.45) is 5.17. The Morgan fingerprint density at radius 2 is 2.00 bits per heavy atom. The molecule has 1 aromatic rings. The van der Waals surface area contributed by atoms with E-state index in [1.165, 1.54) is 44.3 Å². The van der Waals surface area contributed by atoms with E-state index in [1.807, 2.05) is 0 Å². The summed E-state index contributed by atoms with van der Waals surface area (Å²) in [5.41, 5.74) is 8.05. The number of hydrogen-bond acceptors (Lipinski definition) is 2. The quantitative estimate of drug-likeness (QED) is 0.862. The van der Waals surface area contributed by atoms with Gasteiger partial charge in [0.15, 0.2) is 0 Å². The summed E-state index contributed by atoms with van der Waals surface area (Å²) in [5.74, 6) is 0. The van der Waals surface area contributed by atoms with Gasteiger partial charge in [0.25, 0.3) is 0 Å². The summed E-state index contributed by atoms with van der Waals surface area (Å²) in [6.45, 7) is 3.54. The van der Waals surface area contributed by atoms with E-state index in [-0.39, 0.29) is 0 Å². The van der Waals surface area contributed by atoms with Crippen LogP contribution in [0.1, 0.15) is 31.2 Å². The molecule has 2 fully saturated rings. The summed E-state index contributed by atoms with van der Waals surface area (Å²) in [6, 6.07) is 11.4. The SMILES string of the molecule is N[C@@H]1CCCN(CC2(c3ccccc3)CC2)C1. The van der Waals surface area contributed by atoms with E-state index in [1.54, 1.807) is 0 Å². The summed E-state index contributed by atoms with van der Waals surface area (Å²) in [7, 11) is 0. The number of piperidine rings is 1. The Morgan fingerprint density at radius 3 is 2.65 bits per heavy atom. The molecule has 3 rings (SSSR count). The van der Waals surface area contributed by atoms with Crippen molar-refractivity contribution in [2.45, 2.75) is 37.1 Å². The molecule has 1 aliphatic heterocycles. The van der Waals surface area contributed by atoms with Crippen molar-refractivity contribution in [3.05, 3.63) is 35.9 Å². The average molecular weight is 230 g/mol. The van der Waals surface area contributed by atoms with Gasteiger partial charge in [-0.25, -0.2) is 0 Å². The second-order valence-corrected chi connectivity index (χ2v) is 5.78. The molecule has 17 heavy (non-hydrogen) atoms. The topological polar surface area (TPSA) is 29.3 Å². The number of nitrogens with zero attached hydrogens (tertiary/aromatic N) is 1. The van der Waals surface area contributed by atoms with E-state index in [4.69, 9.17) is 5.73 Å². The number of hydrogen-bond donors (Lipinski definition) is 1. The fraction of sp³-hybridized carbons (Fsp3) is 0.600. The van der Waals surface area contributed by atoms with Crippen molar-refractivity contribution in [1.29, 1.82) is 0 Å². The zero-order valence-corrected chi connectivity index (χ0v) is 10.4. The van der Waals surface area contributed by atoms with Crippen LogP contribution in [0.15, 0.2) is 30.3 Å². The minimum absolute atomic E-state index is 0.398. The zero-order chi connectivity index (χ0) is 11.7. The Bertz CT molecular complexity index is 370. The molecule has 0 bridgehead atoms. The van der Waals surface area contributed by atoms with Crippen LogP contribution < -0.4 is 5.73 Å². The van der Waals surface area contributed by atoms with Crippen molar-refractivity contribution in [1.82, 2.24) is 4.90 Å². The summed E-state index contributed by atoms with van der Waals surface area (Å²) in [5, 5.41) is 0. The van der Waals surface area contributed by atoms with Gasteiger partial charge in [-0.3, -0.25) is 0 Å². The summed E-state index contributed by atoms with van der Waals surface area (Å²) >= 11 is 0. The Labute approximate surface area is 104 Å². The second kappa shape index (κ2) is 4.43. The van der Waals surface area contributed by atoms with Crippen LogP contribution in [-0.2, 0) is 5.41 Å². The van der Waals surface area contributed by atoms with Gasteiger partial charge < -0.3 is 10.6 Å². The van der Waals surface area contributed by atoms with E-state index in [0.29, 0.717) is 11.5 Å². The molecule has 1 aromatic carbocycles. The molecule has 0 radical (unpaired) electrons. The minimum atomic E-state index is 0.398. The van der Waals surface area contributed by atoms with E-state index in [9.17, 15) is 0 Å². The Kier molecular flexibility index (Phi) is 2.93. The van der Waals surface area contributed by atoms with Crippen LogP contribution in [-0.4, -0.2) is 30.6 Å². The van der Waals surface area contributed by atoms with Crippen molar-refractivity contribution < 1.29 is 0 Å². The van der Waals surface area contributed by atoms with Gasteiger partial charge in [-0.15, -0.1) is 0 Å².